The molecule has 3 aromatic rings. The molecule has 5 heteroatoms. The van der Waals surface area contributed by atoms with Crippen molar-refractivity contribution in [2.75, 3.05) is 20.8 Å². The number of ether oxygens (including phenoxy) is 3. The maximum Gasteiger partial charge on any atom is 0.118 e. The molecule has 0 bridgehead atoms. The number of hydrogen-bond donors (Lipinski definition) is 0. The first-order valence-corrected chi connectivity index (χ1v) is 9.12. The van der Waals surface area contributed by atoms with Crippen molar-refractivity contribution in [1.29, 1.82) is 0 Å². The van der Waals surface area contributed by atoms with Crippen LogP contribution in [0.5, 0.6) is 11.5 Å². The second kappa shape index (κ2) is 9.78. The van der Waals surface area contributed by atoms with E-state index >= 15 is 0 Å². The number of nitrogens with zero attached hydrogens (tertiary/aromatic N) is 2. The van der Waals surface area contributed by atoms with Crippen LogP contribution in [0.15, 0.2) is 67.3 Å². The average Bonchev–Trinajstić information content (AvgIpc) is 3.24. The standard InChI is InChI=1S/C22H26N2O3/c1-25-20-9-5-18(6-10-20)4-3-15-27-22(16-24-14-13-23-17-24)19-7-11-21(26-2)12-8-19/h5-14,17,22H,3-4,15-16H2,1-2H3/t22-/m1/s1. The van der Waals surface area contributed by atoms with Gasteiger partial charge in [-0.2, -0.15) is 0 Å². The van der Waals surface area contributed by atoms with E-state index in [1.54, 1.807) is 20.4 Å². The molecule has 0 saturated carbocycles. The highest BCUT2D eigenvalue weighted by Crippen LogP contribution is 2.23. The van der Waals surface area contributed by atoms with Crippen molar-refractivity contribution in [3.63, 3.8) is 0 Å². The zero-order chi connectivity index (χ0) is 18.9. The molecule has 0 fully saturated rings. The van der Waals surface area contributed by atoms with Crippen LogP contribution in [-0.4, -0.2) is 30.4 Å². The maximum absolute atomic E-state index is 6.23. The zero-order valence-electron chi connectivity index (χ0n) is 15.9. The van der Waals surface area contributed by atoms with Gasteiger partial charge in [0.15, 0.2) is 0 Å². The Hall–Kier alpha value is -2.79. The molecule has 27 heavy (non-hydrogen) atoms. The summed E-state index contributed by atoms with van der Waals surface area (Å²) in [4.78, 5) is 4.12. The molecule has 5 nitrogen and oxygen atoms in total. The molecular formula is C22H26N2O3. The molecule has 0 amide bonds. The van der Waals surface area contributed by atoms with Crippen LogP contribution in [0.4, 0.5) is 0 Å². The summed E-state index contributed by atoms with van der Waals surface area (Å²) >= 11 is 0. The molecule has 0 N–H and O–H groups in total. The van der Waals surface area contributed by atoms with Crippen molar-refractivity contribution >= 4 is 0 Å². The third-order valence-corrected chi connectivity index (χ3v) is 4.51. The Morgan fingerprint density at radius 3 is 2.19 bits per heavy atom. The smallest absolute Gasteiger partial charge is 0.118 e. The topological polar surface area (TPSA) is 45.5 Å². The van der Waals surface area contributed by atoms with Gasteiger partial charge in [0.2, 0.25) is 0 Å². The van der Waals surface area contributed by atoms with E-state index in [9.17, 15) is 0 Å². The summed E-state index contributed by atoms with van der Waals surface area (Å²) in [6.45, 7) is 1.42. The first kappa shape index (κ1) is 19.0. The first-order valence-electron chi connectivity index (χ1n) is 9.12. The number of aromatic nitrogens is 2. The molecule has 142 valence electrons. The molecule has 1 aromatic heterocycles. The van der Waals surface area contributed by atoms with Crippen molar-refractivity contribution in [2.45, 2.75) is 25.5 Å². The summed E-state index contributed by atoms with van der Waals surface area (Å²) in [6.07, 6.45) is 7.47. The molecule has 2 aromatic carbocycles. The van der Waals surface area contributed by atoms with Crippen LogP contribution in [0, 0.1) is 0 Å². The lowest BCUT2D eigenvalue weighted by Gasteiger charge is -2.19. The molecule has 0 radical (unpaired) electrons. The maximum atomic E-state index is 6.23. The highest BCUT2D eigenvalue weighted by Gasteiger charge is 2.13. The van der Waals surface area contributed by atoms with Gasteiger partial charge in [-0.1, -0.05) is 24.3 Å². The van der Waals surface area contributed by atoms with Crippen LogP contribution in [0.2, 0.25) is 0 Å². The van der Waals surface area contributed by atoms with Crippen LogP contribution in [0.1, 0.15) is 23.7 Å². The summed E-state index contributed by atoms with van der Waals surface area (Å²) in [5.74, 6) is 1.73. The predicted octanol–water partition coefficient (Wildman–Crippen LogP) is 4.29. The number of hydrogen-bond acceptors (Lipinski definition) is 4. The van der Waals surface area contributed by atoms with Gasteiger partial charge >= 0.3 is 0 Å². The second-order valence-electron chi connectivity index (χ2n) is 6.34. The van der Waals surface area contributed by atoms with Gasteiger partial charge < -0.3 is 18.8 Å². The summed E-state index contributed by atoms with van der Waals surface area (Å²) in [5.41, 5.74) is 2.42. The lowest BCUT2D eigenvalue weighted by molar-refractivity contribution is 0.0390. The predicted molar refractivity (Wildman–Crippen MR) is 105 cm³/mol. The fourth-order valence-corrected chi connectivity index (χ4v) is 2.95. The lowest BCUT2D eigenvalue weighted by atomic mass is 10.1. The minimum Gasteiger partial charge on any atom is -0.497 e. The van der Waals surface area contributed by atoms with Crippen LogP contribution in [0.25, 0.3) is 0 Å². The van der Waals surface area contributed by atoms with Gasteiger partial charge in [-0.3, -0.25) is 0 Å². The fourth-order valence-electron chi connectivity index (χ4n) is 2.95. The molecule has 1 heterocycles. The SMILES string of the molecule is COc1ccc(CCCO[C@H](Cn2ccnc2)c2ccc(OC)cc2)cc1. The normalized spacial score (nSPS) is 11.9. The number of rotatable bonds is 10. The summed E-state index contributed by atoms with van der Waals surface area (Å²) in [7, 11) is 3.36. The highest BCUT2D eigenvalue weighted by atomic mass is 16.5. The number of methoxy groups -OCH3 is 2. The minimum atomic E-state index is -0.0269. The van der Waals surface area contributed by atoms with E-state index in [2.05, 4.69) is 29.2 Å². The molecule has 0 aliphatic heterocycles. The van der Waals surface area contributed by atoms with Crippen LogP contribution in [0.3, 0.4) is 0 Å². The van der Waals surface area contributed by atoms with E-state index < -0.39 is 0 Å². The van der Waals surface area contributed by atoms with Crippen LogP contribution >= 0.6 is 0 Å². The average molecular weight is 366 g/mol. The van der Waals surface area contributed by atoms with Gasteiger partial charge in [0.05, 0.1) is 27.1 Å². The largest absolute Gasteiger partial charge is 0.497 e. The van der Waals surface area contributed by atoms with Gasteiger partial charge in [-0.05, 0) is 48.2 Å². The third-order valence-electron chi connectivity index (χ3n) is 4.51. The number of imidazole rings is 1. The van der Waals surface area contributed by atoms with Gasteiger partial charge in [0, 0.05) is 19.0 Å². The fraction of sp³-hybridized carbons (Fsp3) is 0.318. The Balaban J connectivity index is 1.56. The molecule has 0 unspecified atom stereocenters. The molecule has 0 aliphatic rings. The van der Waals surface area contributed by atoms with E-state index in [1.165, 1.54) is 5.56 Å². The minimum absolute atomic E-state index is 0.0269. The quantitative estimate of drug-likeness (QED) is 0.502. The highest BCUT2D eigenvalue weighted by molar-refractivity contribution is 5.29. The Morgan fingerprint density at radius 2 is 1.59 bits per heavy atom. The van der Waals surface area contributed by atoms with Crippen LogP contribution < -0.4 is 9.47 Å². The summed E-state index contributed by atoms with van der Waals surface area (Å²) < 4.78 is 18.7. The molecule has 1 atom stereocenters. The number of benzene rings is 2. The Morgan fingerprint density at radius 1 is 0.926 bits per heavy atom. The van der Waals surface area contributed by atoms with Crippen molar-refractivity contribution in [2.24, 2.45) is 0 Å². The summed E-state index contributed by atoms with van der Waals surface area (Å²) in [6, 6.07) is 16.3. The van der Waals surface area contributed by atoms with Gasteiger partial charge in [0.25, 0.3) is 0 Å². The Bertz CT molecular complexity index is 783. The van der Waals surface area contributed by atoms with Crippen molar-refractivity contribution in [3.8, 4) is 11.5 Å². The number of aryl methyl sites for hydroxylation is 1. The first-order chi connectivity index (χ1) is 13.3. The lowest BCUT2D eigenvalue weighted by Crippen LogP contribution is -2.13. The van der Waals surface area contributed by atoms with Gasteiger partial charge in [0.1, 0.15) is 17.6 Å². The molecule has 0 spiro atoms. The van der Waals surface area contributed by atoms with Crippen LogP contribution in [-0.2, 0) is 17.7 Å². The molecule has 3 rings (SSSR count). The Kier molecular flexibility index (Phi) is 6.88. The van der Waals surface area contributed by atoms with E-state index in [1.807, 2.05) is 41.4 Å². The van der Waals surface area contributed by atoms with Crippen molar-refractivity contribution in [1.82, 2.24) is 9.55 Å². The zero-order valence-corrected chi connectivity index (χ0v) is 15.9. The monoisotopic (exact) mass is 366 g/mol. The third kappa shape index (κ3) is 5.59. The molecule has 0 saturated heterocycles. The van der Waals surface area contributed by atoms with Gasteiger partial charge in [-0.25, -0.2) is 4.98 Å². The molecule has 0 aliphatic carbocycles. The van der Waals surface area contributed by atoms with Gasteiger partial charge in [-0.15, -0.1) is 0 Å². The summed E-state index contributed by atoms with van der Waals surface area (Å²) in [5, 5.41) is 0. The van der Waals surface area contributed by atoms with E-state index in [0.717, 1.165) is 36.4 Å². The Labute approximate surface area is 160 Å². The van der Waals surface area contributed by atoms with Crippen molar-refractivity contribution in [3.05, 3.63) is 78.4 Å². The van der Waals surface area contributed by atoms with E-state index in [0.29, 0.717) is 6.61 Å². The molecular weight excluding hydrogens is 340 g/mol. The van der Waals surface area contributed by atoms with E-state index in [4.69, 9.17) is 14.2 Å². The second-order valence-corrected chi connectivity index (χ2v) is 6.34. The van der Waals surface area contributed by atoms with Crippen molar-refractivity contribution < 1.29 is 14.2 Å². The van der Waals surface area contributed by atoms with E-state index in [-0.39, 0.29) is 6.10 Å².